The van der Waals surface area contributed by atoms with Crippen LogP contribution < -0.4 is 16.0 Å². The van der Waals surface area contributed by atoms with Gasteiger partial charge in [0.2, 0.25) is 5.91 Å². The molecule has 0 spiro atoms. The molecule has 0 saturated heterocycles. The van der Waals surface area contributed by atoms with E-state index in [4.69, 9.17) is 4.42 Å². The first-order valence-corrected chi connectivity index (χ1v) is 9.99. The topological polar surface area (TPSA) is 102 Å². The Labute approximate surface area is 181 Å². The van der Waals surface area contributed by atoms with Gasteiger partial charge in [-0.05, 0) is 42.5 Å². The van der Waals surface area contributed by atoms with Crippen molar-refractivity contribution >= 4 is 40.2 Å². The molecule has 0 fully saturated rings. The number of rotatable bonds is 5. The monoisotopic (exact) mass is 427 g/mol. The summed E-state index contributed by atoms with van der Waals surface area (Å²) in [5.74, 6) is -1.64. The minimum Gasteiger partial charge on any atom is -0.408 e. The van der Waals surface area contributed by atoms with Crippen molar-refractivity contribution < 1.29 is 18.8 Å². The standard InChI is InChI=1S/C24H17N3O5/c28-21(12-13-26-19-10-3-4-11-20(19)32-24(26)31)25-15-6-5-7-16(14-15)27-22(29)17-8-1-2-9-18(17)23(27)30/h1-11,14H,12-13H2,(H,25,28). The first-order chi connectivity index (χ1) is 15.5. The number of imide groups is 1. The number of nitrogens with one attached hydrogen (secondary N) is 1. The highest BCUT2D eigenvalue weighted by Crippen LogP contribution is 2.29. The van der Waals surface area contributed by atoms with Crippen LogP contribution in [0.5, 0.6) is 0 Å². The molecule has 1 aromatic heterocycles. The van der Waals surface area contributed by atoms with E-state index in [1.54, 1.807) is 72.8 Å². The van der Waals surface area contributed by atoms with Crippen molar-refractivity contribution in [3.05, 3.63) is 94.5 Å². The molecule has 5 rings (SSSR count). The quantitative estimate of drug-likeness (QED) is 0.492. The summed E-state index contributed by atoms with van der Waals surface area (Å²) in [6.45, 7) is 0.153. The maximum absolute atomic E-state index is 12.7. The van der Waals surface area contributed by atoms with Crippen molar-refractivity contribution in [3.8, 4) is 0 Å². The van der Waals surface area contributed by atoms with Gasteiger partial charge in [-0.25, -0.2) is 9.69 Å². The van der Waals surface area contributed by atoms with E-state index < -0.39 is 17.6 Å². The molecule has 3 aromatic carbocycles. The first-order valence-electron chi connectivity index (χ1n) is 9.99. The summed E-state index contributed by atoms with van der Waals surface area (Å²) in [7, 11) is 0. The minimum absolute atomic E-state index is 0.0423. The Morgan fingerprint density at radius 3 is 2.28 bits per heavy atom. The fourth-order valence-electron chi connectivity index (χ4n) is 3.81. The number of hydrogen-bond donors (Lipinski definition) is 1. The number of benzene rings is 3. The maximum atomic E-state index is 12.7. The summed E-state index contributed by atoms with van der Waals surface area (Å²) < 4.78 is 6.58. The first kappa shape index (κ1) is 19.5. The van der Waals surface area contributed by atoms with Gasteiger partial charge in [0.05, 0.1) is 22.3 Å². The number of carbonyl (C=O) groups excluding carboxylic acids is 3. The molecule has 1 aliphatic heterocycles. The summed E-state index contributed by atoms with van der Waals surface area (Å²) in [5.41, 5.74) is 2.60. The number of hydrogen-bond acceptors (Lipinski definition) is 5. The zero-order chi connectivity index (χ0) is 22.2. The van der Waals surface area contributed by atoms with Crippen molar-refractivity contribution in [1.82, 2.24) is 4.57 Å². The highest BCUT2D eigenvalue weighted by molar-refractivity contribution is 6.34. The van der Waals surface area contributed by atoms with E-state index in [0.717, 1.165) is 4.90 Å². The predicted octanol–water partition coefficient (Wildman–Crippen LogP) is 3.42. The molecular formula is C24H17N3O5. The van der Waals surface area contributed by atoms with Crippen molar-refractivity contribution in [2.75, 3.05) is 10.2 Å². The normalized spacial score (nSPS) is 12.9. The van der Waals surface area contributed by atoms with Crippen LogP contribution in [0.3, 0.4) is 0 Å². The fraction of sp³-hybridized carbons (Fsp3) is 0.0833. The largest absolute Gasteiger partial charge is 0.419 e. The average Bonchev–Trinajstić information content (AvgIpc) is 3.25. The van der Waals surface area contributed by atoms with E-state index in [2.05, 4.69) is 5.32 Å². The van der Waals surface area contributed by atoms with Crippen LogP contribution in [0.4, 0.5) is 11.4 Å². The van der Waals surface area contributed by atoms with Crippen molar-refractivity contribution in [2.45, 2.75) is 13.0 Å². The summed E-state index contributed by atoms with van der Waals surface area (Å²) in [5, 5.41) is 2.75. The Kier molecular flexibility index (Phi) is 4.67. The van der Waals surface area contributed by atoms with Crippen molar-refractivity contribution in [3.63, 3.8) is 0 Å². The molecule has 1 N–H and O–H groups in total. The summed E-state index contributed by atoms with van der Waals surface area (Å²) >= 11 is 0. The lowest BCUT2D eigenvalue weighted by molar-refractivity contribution is -0.116. The van der Waals surface area contributed by atoms with Gasteiger partial charge in [-0.15, -0.1) is 0 Å². The summed E-state index contributed by atoms with van der Waals surface area (Å²) in [4.78, 5) is 51.0. The number of fused-ring (bicyclic) bond motifs is 2. The summed E-state index contributed by atoms with van der Waals surface area (Å²) in [6.07, 6.45) is 0.0423. The number of amides is 3. The second-order valence-corrected chi connectivity index (χ2v) is 7.33. The maximum Gasteiger partial charge on any atom is 0.419 e. The molecule has 0 saturated carbocycles. The van der Waals surface area contributed by atoms with Gasteiger partial charge in [-0.2, -0.15) is 0 Å². The highest BCUT2D eigenvalue weighted by atomic mass is 16.4. The van der Waals surface area contributed by atoms with E-state index in [0.29, 0.717) is 33.6 Å². The number of nitrogens with zero attached hydrogens (tertiary/aromatic N) is 2. The SMILES string of the molecule is O=C(CCn1c(=O)oc2ccccc21)Nc1cccc(N2C(=O)c3ccccc3C2=O)c1. The van der Waals surface area contributed by atoms with Gasteiger partial charge in [0.15, 0.2) is 5.58 Å². The molecule has 1 aliphatic rings. The Morgan fingerprint density at radius 2 is 1.53 bits per heavy atom. The zero-order valence-corrected chi connectivity index (χ0v) is 16.8. The van der Waals surface area contributed by atoms with Gasteiger partial charge in [0.1, 0.15) is 0 Å². The molecule has 0 radical (unpaired) electrons. The number of oxazole rings is 1. The van der Waals surface area contributed by atoms with Crippen molar-refractivity contribution in [2.24, 2.45) is 0 Å². The van der Waals surface area contributed by atoms with Crippen LogP contribution in [0.15, 0.2) is 82.0 Å². The number of aromatic nitrogens is 1. The Morgan fingerprint density at radius 1 is 0.844 bits per heavy atom. The smallest absolute Gasteiger partial charge is 0.408 e. The molecule has 32 heavy (non-hydrogen) atoms. The van der Waals surface area contributed by atoms with Crippen LogP contribution in [0.2, 0.25) is 0 Å². The number of anilines is 2. The number of aryl methyl sites for hydroxylation is 1. The lowest BCUT2D eigenvalue weighted by Crippen LogP contribution is -2.29. The second kappa shape index (κ2) is 7.66. The Hall–Kier alpha value is -4.46. The third-order valence-corrected chi connectivity index (χ3v) is 5.32. The minimum atomic E-state index is -0.522. The Balaban J connectivity index is 1.31. The molecule has 0 atom stereocenters. The van der Waals surface area contributed by atoms with Gasteiger partial charge in [-0.3, -0.25) is 19.0 Å². The molecule has 4 aromatic rings. The second-order valence-electron chi connectivity index (χ2n) is 7.33. The van der Waals surface area contributed by atoms with Gasteiger partial charge >= 0.3 is 5.76 Å². The fourth-order valence-corrected chi connectivity index (χ4v) is 3.81. The van der Waals surface area contributed by atoms with Crippen LogP contribution in [0.1, 0.15) is 27.1 Å². The van der Waals surface area contributed by atoms with Gasteiger partial charge in [0, 0.05) is 18.7 Å². The molecule has 0 unspecified atom stereocenters. The molecule has 0 aliphatic carbocycles. The van der Waals surface area contributed by atoms with Crippen LogP contribution in [-0.4, -0.2) is 22.3 Å². The zero-order valence-electron chi connectivity index (χ0n) is 16.8. The predicted molar refractivity (Wildman–Crippen MR) is 118 cm³/mol. The van der Waals surface area contributed by atoms with E-state index in [-0.39, 0.29) is 18.9 Å². The molecule has 8 nitrogen and oxygen atoms in total. The van der Waals surface area contributed by atoms with Crippen LogP contribution in [-0.2, 0) is 11.3 Å². The van der Waals surface area contributed by atoms with E-state index in [1.807, 2.05) is 0 Å². The molecule has 8 heteroatoms. The van der Waals surface area contributed by atoms with Gasteiger partial charge < -0.3 is 9.73 Å². The lowest BCUT2D eigenvalue weighted by Gasteiger charge is -2.15. The van der Waals surface area contributed by atoms with Crippen LogP contribution in [0, 0.1) is 0 Å². The van der Waals surface area contributed by atoms with E-state index >= 15 is 0 Å². The van der Waals surface area contributed by atoms with Gasteiger partial charge in [-0.1, -0.05) is 30.3 Å². The third kappa shape index (κ3) is 3.27. The summed E-state index contributed by atoms with van der Waals surface area (Å²) in [6, 6.07) is 20.2. The van der Waals surface area contributed by atoms with Crippen molar-refractivity contribution in [1.29, 1.82) is 0 Å². The lowest BCUT2D eigenvalue weighted by atomic mass is 10.1. The highest BCUT2D eigenvalue weighted by Gasteiger charge is 2.36. The van der Waals surface area contributed by atoms with Crippen LogP contribution >= 0.6 is 0 Å². The van der Waals surface area contributed by atoms with Crippen LogP contribution in [0.25, 0.3) is 11.1 Å². The van der Waals surface area contributed by atoms with Gasteiger partial charge in [0.25, 0.3) is 11.8 Å². The average molecular weight is 427 g/mol. The molecular weight excluding hydrogens is 410 g/mol. The Bertz CT molecular complexity index is 1410. The molecule has 158 valence electrons. The van der Waals surface area contributed by atoms with E-state index in [1.165, 1.54) is 4.57 Å². The molecule has 0 bridgehead atoms. The molecule has 3 amide bonds. The number of carbonyl (C=O) groups is 3. The number of para-hydroxylation sites is 2. The van der Waals surface area contributed by atoms with E-state index in [9.17, 15) is 19.2 Å². The third-order valence-electron chi connectivity index (χ3n) is 5.32. The molecule has 2 heterocycles.